The Morgan fingerprint density at radius 1 is 1.11 bits per heavy atom. The van der Waals surface area contributed by atoms with Crippen LogP contribution < -0.4 is 16.0 Å². The summed E-state index contributed by atoms with van der Waals surface area (Å²) in [4.78, 5) is 18.9. The molecule has 2 aromatic heterocycles. The molecular weight excluding hydrogens is 483 g/mol. The van der Waals surface area contributed by atoms with Gasteiger partial charge in [-0.05, 0) is 49.5 Å². The number of nitrogens with two attached hydrogens (primary N) is 1. The molecule has 2 aliphatic carbocycles. The van der Waals surface area contributed by atoms with Gasteiger partial charge in [-0.15, -0.1) is 0 Å². The van der Waals surface area contributed by atoms with Crippen LogP contribution in [0.5, 0.6) is 0 Å². The van der Waals surface area contributed by atoms with Gasteiger partial charge < -0.3 is 16.0 Å². The fraction of sp³-hybridized carbons (Fsp3) is 0.667. The quantitative estimate of drug-likeness (QED) is 0.568. The maximum Gasteiger partial charge on any atom is 0.244 e. The second-order valence-electron chi connectivity index (χ2n) is 11.5. The third-order valence-electron chi connectivity index (χ3n) is 7.05. The molecule has 0 radical (unpaired) electrons. The Hall–Kier alpha value is -2.60. The van der Waals surface area contributed by atoms with Gasteiger partial charge in [-0.25, -0.2) is 17.8 Å². The number of hydrogen-bond acceptors (Lipinski definition) is 9. The molecule has 3 aliphatic rings. The van der Waals surface area contributed by atoms with E-state index in [1.54, 1.807) is 0 Å². The zero-order chi connectivity index (χ0) is 25.7. The third-order valence-corrected chi connectivity index (χ3v) is 8.92. The lowest BCUT2D eigenvalue weighted by Gasteiger charge is -2.39. The van der Waals surface area contributed by atoms with E-state index in [1.165, 1.54) is 10.5 Å². The highest BCUT2D eigenvalue weighted by Crippen LogP contribution is 2.39. The van der Waals surface area contributed by atoms with Crippen LogP contribution in [0, 0.1) is 17.2 Å². The fourth-order valence-electron chi connectivity index (χ4n) is 5.09. The smallest absolute Gasteiger partial charge is 0.244 e. The van der Waals surface area contributed by atoms with Crippen LogP contribution in [0.15, 0.2) is 17.2 Å². The first-order valence-electron chi connectivity index (χ1n) is 12.7. The maximum absolute atomic E-state index is 14.8. The zero-order valence-electron chi connectivity index (χ0n) is 21.1. The number of nitrogens with one attached hydrogen (secondary N) is 1. The first-order valence-corrected chi connectivity index (χ1v) is 14.1. The monoisotopic (exact) mass is 518 g/mol. The summed E-state index contributed by atoms with van der Waals surface area (Å²) in [5.74, 6) is 1.78. The van der Waals surface area contributed by atoms with Gasteiger partial charge in [0, 0.05) is 44.3 Å². The Morgan fingerprint density at radius 3 is 2.42 bits per heavy atom. The highest BCUT2D eigenvalue weighted by Gasteiger charge is 2.34. The summed E-state index contributed by atoms with van der Waals surface area (Å²) < 4.78 is 42.5. The Kier molecular flexibility index (Phi) is 6.52. The molecule has 36 heavy (non-hydrogen) atoms. The predicted octanol–water partition coefficient (Wildman–Crippen LogP) is 3.00. The Balaban J connectivity index is 1.19. The first kappa shape index (κ1) is 25.1. The van der Waals surface area contributed by atoms with Crippen LogP contribution in [0.3, 0.4) is 0 Å². The van der Waals surface area contributed by atoms with Gasteiger partial charge in [-0.2, -0.15) is 19.3 Å². The molecule has 5 rings (SSSR count). The normalized spacial score (nSPS) is 23.4. The SMILES string of the molecule is CC(C)(C)CC1CC(Nc2ncc(S(=O)(=O)N3CCN(c4nc(N)nc(C5CC5)n4)CC3)cc2F)C1. The third kappa shape index (κ3) is 5.54. The summed E-state index contributed by atoms with van der Waals surface area (Å²) >= 11 is 0. The van der Waals surface area contributed by atoms with Crippen molar-refractivity contribution in [3.63, 3.8) is 0 Å². The fourth-order valence-corrected chi connectivity index (χ4v) is 6.47. The zero-order valence-corrected chi connectivity index (χ0v) is 21.9. The second kappa shape index (κ2) is 9.37. The minimum atomic E-state index is -3.88. The minimum Gasteiger partial charge on any atom is -0.368 e. The number of halogens is 1. The molecule has 196 valence electrons. The predicted molar refractivity (Wildman–Crippen MR) is 136 cm³/mol. The average molecular weight is 519 g/mol. The summed E-state index contributed by atoms with van der Waals surface area (Å²) in [5, 5.41) is 3.14. The van der Waals surface area contributed by atoms with E-state index in [1.807, 2.05) is 4.90 Å². The highest BCUT2D eigenvalue weighted by molar-refractivity contribution is 7.89. The second-order valence-corrected chi connectivity index (χ2v) is 13.4. The molecule has 2 saturated carbocycles. The number of aromatic nitrogens is 4. The standard InChI is InChI=1S/C24H35FN8O2S/c1-24(2,3)13-15-10-17(11-15)28-21-19(25)12-18(14-27-21)36(34,35)33-8-6-32(7-9-33)23-30-20(16-4-5-16)29-22(26)31-23/h12,14-17H,4-11,13H2,1-3H3,(H,27,28)(H2,26,29,30,31). The number of nitrogen functional groups attached to an aromatic ring is 1. The minimum absolute atomic E-state index is 0.108. The number of rotatable bonds is 7. The Labute approximate surface area is 212 Å². The average Bonchev–Trinajstić information content (AvgIpc) is 3.63. The topological polar surface area (TPSA) is 130 Å². The van der Waals surface area contributed by atoms with E-state index in [9.17, 15) is 12.8 Å². The van der Waals surface area contributed by atoms with Crippen molar-refractivity contribution in [1.29, 1.82) is 0 Å². The van der Waals surface area contributed by atoms with E-state index in [4.69, 9.17) is 5.73 Å². The van der Waals surface area contributed by atoms with Crippen LogP contribution in [0.1, 0.15) is 64.6 Å². The van der Waals surface area contributed by atoms with Crippen LogP contribution in [0.2, 0.25) is 0 Å². The van der Waals surface area contributed by atoms with Crippen LogP contribution in [-0.2, 0) is 10.0 Å². The molecule has 2 aromatic rings. The number of sulfonamides is 1. The van der Waals surface area contributed by atoms with E-state index < -0.39 is 15.8 Å². The highest BCUT2D eigenvalue weighted by atomic mass is 32.2. The van der Waals surface area contributed by atoms with Crippen molar-refractivity contribution in [2.24, 2.45) is 11.3 Å². The van der Waals surface area contributed by atoms with Crippen molar-refractivity contribution in [2.45, 2.75) is 69.7 Å². The van der Waals surface area contributed by atoms with Crippen LogP contribution in [0.25, 0.3) is 0 Å². The molecule has 12 heteroatoms. The molecule has 3 fully saturated rings. The van der Waals surface area contributed by atoms with Crippen molar-refractivity contribution in [3.05, 3.63) is 23.9 Å². The van der Waals surface area contributed by atoms with Crippen LogP contribution >= 0.6 is 0 Å². The van der Waals surface area contributed by atoms with Gasteiger partial charge in [-0.3, -0.25) is 0 Å². The molecule has 0 spiro atoms. The molecule has 10 nitrogen and oxygen atoms in total. The van der Waals surface area contributed by atoms with Gasteiger partial charge in [0.05, 0.1) is 0 Å². The Bertz CT molecular complexity index is 1220. The number of nitrogens with zero attached hydrogens (tertiary/aromatic N) is 6. The largest absolute Gasteiger partial charge is 0.368 e. The lowest BCUT2D eigenvalue weighted by Crippen LogP contribution is -2.49. The molecule has 0 aromatic carbocycles. The lowest BCUT2D eigenvalue weighted by molar-refractivity contribution is 0.191. The molecular formula is C24H35FN8O2S. The van der Waals surface area contributed by atoms with Gasteiger partial charge >= 0.3 is 0 Å². The summed E-state index contributed by atoms with van der Waals surface area (Å²) in [6.45, 7) is 7.93. The molecule has 3 heterocycles. The van der Waals surface area contributed by atoms with Gasteiger partial charge in [0.15, 0.2) is 11.6 Å². The summed E-state index contributed by atoms with van der Waals surface area (Å²) in [7, 11) is -3.88. The molecule has 1 aliphatic heterocycles. The van der Waals surface area contributed by atoms with E-state index in [0.717, 1.165) is 38.2 Å². The van der Waals surface area contributed by atoms with Crippen LogP contribution in [0.4, 0.5) is 22.1 Å². The van der Waals surface area contributed by atoms with E-state index >= 15 is 0 Å². The molecule has 0 unspecified atom stereocenters. The molecule has 3 N–H and O–H groups in total. The van der Waals surface area contributed by atoms with Gasteiger partial charge in [0.1, 0.15) is 10.7 Å². The van der Waals surface area contributed by atoms with Crippen molar-refractivity contribution >= 4 is 27.7 Å². The van der Waals surface area contributed by atoms with Gasteiger partial charge in [0.25, 0.3) is 0 Å². The van der Waals surface area contributed by atoms with Crippen molar-refractivity contribution in [2.75, 3.05) is 42.1 Å². The summed E-state index contributed by atoms with van der Waals surface area (Å²) in [6, 6.07) is 1.23. The summed E-state index contributed by atoms with van der Waals surface area (Å²) in [5.41, 5.74) is 6.14. The molecule has 1 saturated heterocycles. The molecule has 0 bridgehead atoms. The maximum atomic E-state index is 14.8. The Morgan fingerprint density at radius 2 is 1.81 bits per heavy atom. The van der Waals surface area contributed by atoms with E-state index in [2.05, 4.69) is 46.0 Å². The number of anilines is 3. The lowest BCUT2D eigenvalue weighted by atomic mass is 9.71. The van der Waals surface area contributed by atoms with Gasteiger partial charge in [0.2, 0.25) is 21.9 Å². The van der Waals surface area contributed by atoms with Gasteiger partial charge in [-0.1, -0.05) is 20.8 Å². The molecule has 0 atom stereocenters. The summed E-state index contributed by atoms with van der Waals surface area (Å²) in [6.07, 6.45) is 6.41. The van der Waals surface area contributed by atoms with Crippen molar-refractivity contribution in [3.8, 4) is 0 Å². The first-order chi connectivity index (χ1) is 17.0. The molecule has 0 amide bonds. The van der Waals surface area contributed by atoms with E-state index in [-0.39, 0.29) is 41.2 Å². The van der Waals surface area contributed by atoms with E-state index in [0.29, 0.717) is 36.7 Å². The number of pyridine rings is 1. The van der Waals surface area contributed by atoms with Crippen LogP contribution in [-0.4, -0.2) is 64.9 Å². The van der Waals surface area contributed by atoms with Crippen molar-refractivity contribution in [1.82, 2.24) is 24.2 Å². The van der Waals surface area contributed by atoms with Crippen molar-refractivity contribution < 1.29 is 12.8 Å². The number of piperazine rings is 1. The number of hydrogen-bond donors (Lipinski definition) is 2.